The lowest BCUT2D eigenvalue weighted by Crippen LogP contribution is -2.17. The first-order valence-electron chi connectivity index (χ1n) is 6.65. The summed E-state index contributed by atoms with van der Waals surface area (Å²) in [5.41, 5.74) is 4.55. The molecule has 7 nitrogen and oxygen atoms in total. The quantitative estimate of drug-likeness (QED) is 0.587. The minimum atomic E-state index is -0.307. The van der Waals surface area contributed by atoms with Crippen LogP contribution in [-0.2, 0) is 0 Å². The largest absolute Gasteiger partial charge is 0.271 e. The Morgan fingerprint density at radius 2 is 1.87 bits per heavy atom. The number of nitrogens with one attached hydrogen (secondary N) is 1. The molecule has 0 unspecified atom stereocenters. The van der Waals surface area contributed by atoms with Crippen LogP contribution in [0.25, 0.3) is 5.69 Å². The van der Waals surface area contributed by atoms with Gasteiger partial charge in [0.05, 0.1) is 11.9 Å². The van der Waals surface area contributed by atoms with E-state index in [0.717, 1.165) is 11.3 Å². The SMILES string of the molecule is O=C(N/N=C/c1ccc(Cl)cc1)c1ccc(-n2cnnn2)cc1. The highest BCUT2D eigenvalue weighted by Gasteiger charge is 2.05. The summed E-state index contributed by atoms with van der Waals surface area (Å²) < 4.78 is 1.50. The van der Waals surface area contributed by atoms with Gasteiger partial charge in [-0.15, -0.1) is 5.10 Å². The molecule has 2 aromatic carbocycles. The van der Waals surface area contributed by atoms with Gasteiger partial charge in [0.1, 0.15) is 6.33 Å². The highest BCUT2D eigenvalue weighted by atomic mass is 35.5. The second-order valence-electron chi connectivity index (χ2n) is 4.55. The van der Waals surface area contributed by atoms with Crippen LogP contribution in [0.3, 0.4) is 0 Å². The molecular weight excluding hydrogens is 316 g/mol. The molecule has 0 aliphatic rings. The average Bonchev–Trinajstić information content (AvgIpc) is 3.11. The topological polar surface area (TPSA) is 85.1 Å². The molecule has 0 bridgehead atoms. The van der Waals surface area contributed by atoms with E-state index in [4.69, 9.17) is 11.6 Å². The van der Waals surface area contributed by atoms with Gasteiger partial charge in [-0.05, 0) is 52.4 Å². The van der Waals surface area contributed by atoms with Gasteiger partial charge in [-0.1, -0.05) is 23.7 Å². The van der Waals surface area contributed by atoms with Crippen molar-refractivity contribution in [3.05, 3.63) is 71.0 Å². The summed E-state index contributed by atoms with van der Waals surface area (Å²) in [5, 5.41) is 15.4. The fourth-order valence-electron chi connectivity index (χ4n) is 1.82. The first-order chi connectivity index (χ1) is 11.2. The Labute approximate surface area is 136 Å². The summed E-state index contributed by atoms with van der Waals surface area (Å²) in [4.78, 5) is 12.0. The van der Waals surface area contributed by atoms with Gasteiger partial charge in [0.15, 0.2) is 0 Å². The number of halogens is 1. The van der Waals surface area contributed by atoms with E-state index in [1.165, 1.54) is 11.0 Å². The maximum atomic E-state index is 12.0. The van der Waals surface area contributed by atoms with Crippen molar-refractivity contribution in [2.24, 2.45) is 5.10 Å². The van der Waals surface area contributed by atoms with E-state index in [-0.39, 0.29) is 5.91 Å². The molecule has 3 rings (SSSR count). The van der Waals surface area contributed by atoms with Crippen molar-refractivity contribution in [3.63, 3.8) is 0 Å². The first kappa shape index (κ1) is 14.9. The Hall–Kier alpha value is -3.06. The fourth-order valence-corrected chi connectivity index (χ4v) is 1.95. The third kappa shape index (κ3) is 3.78. The number of carbonyl (C=O) groups is 1. The van der Waals surface area contributed by atoms with Gasteiger partial charge < -0.3 is 0 Å². The Morgan fingerprint density at radius 3 is 2.52 bits per heavy atom. The van der Waals surface area contributed by atoms with E-state index < -0.39 is 0 Å². The lowest BCUT2D eigenvalue weighted by atomic mass is 10.2. The fraction of sp³-hybridized carbons (Fsp3) is 0. The number of nitrogens with zero attached hydrogens (tertiary/aromatic N) is 5. The third-order valence-electron chi connectivity index (χ3n) is 2.99. The molecule has 1 amide bonds. The van der Waals surface area contributed by atoms with Crippen molar-refractivity contribution in [3.8, 4) is 5.69 Å². The number of carbonyl (C=O) groups excluding carboxylic acids is 1. The summed E-state index contributed by atoms with van der Waals surface area (Å²) in [5.74, 6) is -0.307. The highest BCUT2D eigenvalue weighted by Crippen LogP contribution is 2.09. The molecule has 1 heterocycles. The summed E-state index contributed by atoms with van der Waals surface area (Å²) in [6.07, 6.45) is 3.02. The molecule has 0 saturated heterocycles. The number of hydrogen-bond donors (Lipinski definition) is 1. The molecule has 114 valence electrons. The number of aromatic nitrogens is 4. The van der Waals surface area contributed by atoms with Gasteiger partial charge >= 0.3 is 0 Å². The van der Waals surface area contributed by atoms with E-state index in [9.17, 15) is 4.79 Å². The number of amides is 1. The van der Waals surface area contributed by atoms with Crippen LogP contribution in [0.15, 0.2) is 60.0 Å². The van der Waals surface area contributed by atoms with Crippen molar-refractivity contribution in [2.45, 2.75) is 0 Å². The number of hydrazone groups is 1. The van der Waals surface area contributed by atoms with Crippen molar-refractivity contribution in [1.82, 2.24) is 25.6 Å². The van der Waals surface area contributed by atoms with Crippen LogP contribution < -0.4 is 5.43 Å². The van der Waals surface area contributed by atoms with Gasteiger partial charge in [-0.3, -0.25) is 4.79 Å². The minimum Gasteiger partial charge on any atom is -0.267 e. The van der Waals surface area contributed by atoms with Crippen LogP contribution in [-0.4, -0.2) is 32.3 Å². The predicted octanol–water partition coefficient (Wildman–Crippen LogP) is 2.08. The van der Waals surface area contributed by atoms with E-state index in [0.29, 0.717) is 10.6 Å². The molecule has 0 atom stereocenters. The molecular formula is C15H11ClN6O. The van der Waals surface area contributed by atoms with Crippen LogP contribution in [0.4, 0.5) is 0 Å². The van der Waals surface area contributed by atoms with Crippen LogP contribution in [0.2, 0.25) is 5.02 Å². The Morgan fingerprint density at radius 1 is 1.13 bits per heavy atom. The van der Waals surface area contributed by atoms with Crippen molar-refractivity contribution in [1.29, 1.82) is 0 Å². The smallest absolute Gasteiger partial charge is 0.267 e. The van der Waals surface area contributed by atoms with Gasteiger partial charge in [-0.2, -0.15) is 5.10 Å². The van der Waals surface area contributed by atoms with Crippen LogP contribution in [0, 0.1) is 0 Å². The van der Waals surface area contributed by atoms with Crippen molar-refractivity contribution >= 4 is 23.7 Å². The normalized spacial score (nSPS) is 10.8. The highest BCUT2D eigenvalue weighted by molar-refractivity contribution is 6.30. The van der Waals surface area contributed by atoms with Gasteiger partial charge in [0, 0.05) is 10.6 Å². The molecule has 1 aromatic heterocycles. The molecule has 0 radical (unpaired) electrons. The predicted molar refractivity (Wildman–Crippen MR) is 85.7 cm³/mol. The summed E-state index contributed by atoms with van der Waals surface area (Å²) in [6, 6.07) is 13.9. The molecule has 0 spiro atoms. The van der Waals surface area contributed by atoms with Gasteiger partial charge in [-0.25, -0.2) is 10.1 Å². The summed E-state index contributed by atoms with van der Waals surface area (Å²) in [6.45, 7) is 0. The molecule has 3 aromatic rings. The number of benzene rings is 2. The van der Waals surface area contributed by atoms with Crippen molar-refractivity contribution < 1.29 is 4.79 Å². The maximum Gasteiger partial charge on any atom is 0.271 e. The average molecular weight is 327 g/mol. The monoisotopic (exact) mass is 326 g/mol. The number of tetrazole rings is 1. The van der Waals surface area contributed by atoms with E-state index in [1.807, 2.05) is 0 Å². The van der Waals surface area contributed by atoms with Crippen LogP contribution in [0.5, 0.6) is 0 Å². The second-order valence-corrected chi connectivity index (χ2v) is 4.99. The number of hydrogen-bond acceptors (Lipinski definition) is 5. The second kappa shape index (κ2) is 6.80. The zero-order valence-electron chi connectivity index (χ0n) is 11.8. The van der Waals surface area contributed by atoms with E-state index >= 15 is 0 Å². The molecule has 0 aliphatic heterocycles. The van der Waals surface area contributed by atoms with E-state index in [2.05, 4.69) is 26.1 Å². The Bertz CT molecular complexity index is 812. The minimum absolute atomic E-state index is 0.307. The molecule has 8 heteroatoms. The van der Waals surface area contributed by atoms with Crippen molar-refractivity contribution in [2.75, 3.05) is 0 Å². The standard InChI is InChI=1S/C15H11ClN6O/c16-13-5-1-11(2-6-13)9-17-19-15(23)12-3-7-14(8-4-12)22-10-18-20-21-22/h1-10H,(H,19,23)/b17-9+. The zero-order valence-corrected chi connectivity index (χ0v) is 12.6. The molecule has 1 N–H and O–H groups in total. The van der Waals surface area contributed by atoms with Gasteiger partial charge in [0.25, 0.3) is 5.91 Å². The maximum absolute atomic E-state index is 12.0. The summed E-state index contributed by atoms with van der Waals surface area (Å²) in [7, 11) is 0. The molecule has 0 saturated carbocycles. The van der Waals surface area contributed by atoms with Gasteiger partial charge in [0.2, 0.25) is 0 Å². The third-order valence-corrected chi connectivity index (χ3v) is 3.24. The Balaban J connectivity index is 1.63. The zero-order chi connectivity index (χ0) is 16.1. The molecule has 0 aliphatic carbocycles. The summed E-state index contributed by atoms with van der Waals surface area (Å²) >= 11 is 5.80. The molecule has 0 fully saturated rings. The first-order valence-corrected chi connectivity index (χ1v) is 7.02. The van der Waals surface area contributed by atoms with E-state index in [1.54, 1.807) is 54.7 Å². The Kier molecular flexibility index (Phi) is 4.39. The number of rotatable bonds is 4. The lowest BCUT2D eigenvalue weighted by molar-refractivity contribution is 0.0955. The van der Waals surface area contributed by atoms with Crippen LogP contribution in [0.1, 0.15) is 15.9 Å². The van der Waals surface area contributed by atoms with Crippen LogP contribution >= 0.6 is 11.6 Å². The lowest BCUT2D eigenvalue weighted by Gasteiger charge is -2.02. The molecule has 23 heavy (non-hydrogen) atoms.